The van der Waals surface area contributed by atoms with Crippen LogP contribution in [-0.2, 0) is 12.8 Å². The molecule has 1 nitrogen and oxygen atoms in total. The minimum absolute atomic E-state index is 0.194. The summed E-state index contributed by atoms with van der Waals surface area (Å²) < 4.78 is 13.2. The quantitative estimate of drug-likeness (QED) is 0.897. The first-order valence-corrected chi connectivity index (χ1v) is 7.66. The second-order valence-corrected chi connectivity index (χ2v) is 6.04. The summed E-state index contributed by atoms with van der Waals surface area (Å²) in [5.41, 5.74) is 4.60. The van der Waals surface area contributed by atoms with E-state index in [1.165, 1.54) is 23.3 Å². The van der Waals surface area contributed by atoms with Gasteiger partial charge in [0.2, 0.25) is 0 Å². The molecule has 2 atom stereocenters. The molecule has 0 amide bonds. The Kier molecular flexibility index (Phi) is 4.07. The minimum atomic E-state index is -0.407. The first-order valence-electron chi connectivity index (χ1n) is 7.66. The number of aliphatic hydroxyl groups is 1. The van der Waals surface area contributed by atoms with Crippen molar-refractivity contribution in [2.75, 3.05) is 0 Å². The lowest BCUT2D eigenvalue weighted by atomic mass is 9.78. The second-order valence-electron chi connectivity index (χ2n) is 6.04. The monoisotopic (exact) mass is 284 g/mol. The summed E-state index contributed by atoms with van der Waals surface area (Å²) in [6.07, 6.45) is 3.44. The van der Waals surface area contributed by atoms with E-state index in [9.17, 15) is 9.50 Å². The van der Waals surface area contributed by atoms with E-state index in [0.29, 0.717) is 6.42 Å². The van der Waals surface area contributed by atoms with E-state index in [4.69, 9.17) is 0 Å². The Morgan fingerprint density at radius 2 is 2.05 bits per heavy atom. The van der Waals surface area contributed by atoms with Gasteiger partial charge in [0, 0.05) is 5.92 Å². The van der Waals surface area contributed by atoms with Gasteiger partial charge in [-0.15, -0.1) is 0 Å². The summed E-state index contributed by atoms with van der Waals surface area (Å²) >= 11 is 0. The fourth-order valence-electron chi connectivity index (χ4n) is 3.45. The number of aryl methyl sites for hydroxylation is 2. The van der Waals surface area contributed by atoms with Gasteiger partial charge < -0.3 is 5.11 Å². The molecule has 0 radical (unpaired) electrons. The van der Waals surface area contributed by atoms with Gasteiger partial charge in [-0.2, -0.15) is 0 Å². The molecular weight excluding hydrogens is 263 g/mol. The molecule has 21 heavy (non-hydrogen) atoms. The highest BCUT2D eigenvalue weighted by Crippen LogP contribution is 2.35. The zero-order valence-corrected chi connectivity index (χ0v) is 12.3. The third-order valence-electron chi connectivity index (χ3n) is 4.61. The molecule has 1 aliphatic rings. The van der Waals surface area contributed by atoms with Crippen LogP contribution in [0.5, 0.6) is 0 Å². The maximum Gasteiger partial charge on any atom is 0.123 e. The Labute approximate surface area is 125 Å². The van der Waals surface area contributed by atoms with Gasteiger partial charge in [0.05, 0.1) is 6.10 Å². The van der Waals surface area contributed by atoms with Gasteiger partial charge >= 0.3 is 0 Å². The zero-order chi connectivity index (χ0) is 14.8. The first kappa shape index (κ1) is 14.3. The van der Waals surface area contributed by atoms with Crippen molar-refractivity contribution in [2.45, 2.75) is 44.6 Å². The Bertz CT molecular complexity index is 635. The highest BCUT2D eigenvalue weighted by Gasteiger charge is 2.26. The molecule has 2 heteroatoms. The van der Waals surface area contributed by atoms with Crippen molar-refractivity contribution in [3.63, 3.8) is 0 Å². The van der Waals surface area contributed by atoms with Gasteiger partial charge in [-0.3, -0.25) is 0 Å². The van der Waals surface area contributed by atoms with Crippen LogP contribution in [0.2, 0.25) is 0 Å². The number of hydrogen-bond donors (Lipinski definition) is 1. The van der Waals surface area contributed by atoms with Gasteiger partial charge in [-0.1, -0.05) is 30.3 Å². The Morgan fingerprint density at radius 3 is 2.86 bits per heavy atom. The predicted octanol–water partition coefficient (Wildman–Crippen LogP) is 4.16. The van der Waals surface area contributed by atoms with Crippen molar-refractivity contribution in [2.24, 2.45) is 0 Å². The minimum Gasteiger partial charge on any atom is -0.392 e. The van der Waals surface area contributed by atoms with Crippen molar-refractivity contribution >= 4 is 0 Å². The van der Waals surface area contributed by atoms with Crippen molar-refractivity contribution in [1.29, 1.82) is 0 Å². The smallest absolute Gasteiger partial charge is 0.123 e. The van der Waals surface area contributed by atoms with E-state index in [-0.39, 0.29) is 11.7 Å². The predicted molar refractivity (Wildman–Crippen MR) is 83.0 cm³/mol. The van der Waals surface area contributed by atoms with Crippen LogP contribution in [0.3, 0.4) is 0 Å². The molecule has 0 spiro atoms. The average Bonchev–Trinajstić information content (AvgIpc) is 2.49. The number of fused-ring (bicyclic) bond motifs is 1. The highest BCUT2D eigenvalue weighted by molar-refractivity contribution is 5.34. The van der Waals surface area contributed by atoms with Crippen LogP contribution in [0.4, 0.5) is 4.39 Å². The Hall–Kier alpha value is -1.67. The standard InChI is InChI=1S/C19H21FO/c1-13-11-16(20)10-9-15(13)12-19(21)18-8-4-6-14-5-2-3-7-17(14)18/h2-3,5,7,9-11,18-19,21H,4,6,8,12H2,1H3. The molecule has 0 fully saturated rings. The zero-order valence-electron chi connectivity index (χ0n) is 12.3. The lowest BCUT2D eigenvalue weighted by molar-refractivity contribution is 0.134. The fourth-order valence-corrected chi connectivity index (χ4v) is 3.45. The molecule has 1 aliphatic carbocycles. The molecule has 3 rings (SSSR count). The molecule has 2 aromatic carbocycles. The lowest BCUT2D eigenvalue weighted by Gasteiger charge is -2.29. The van der Waals surface area contributed by atoms with Crippen molar-refractivity contribution in [3.05, 3.63) is 70.5 Å². The van der Waals surface area contributed by atoms with E-state index < -0.39 is 6.10 Å². The van der Waals surface area contributed by atoms with Crippen LogP contribution in [0.15, 0.2) is 42.5 Å². The summed E-state index contributed by atoms with van der Waals surface area (Å²) in [4.78, 5) is 0. The van der Waals surface area contributed by atoms with Gasteiger partial charge in [-0.05, 0) is 67.0 Å². The molecule has 2 aromatic rings. The summed E-state index contributed by atoms with van der Waals surface area (Å²) in [6, 6.07) is 13.2. The van der Waals surface area contributed by atoms with E-state index in [2.05, 4.69) is 18.2 Å². The van der Waals surface area contributed by atoms with E-state index in [0.717, 1.165) is 30.4 Å². The molecule has 0 heterocycles. The van der Waals surface area contributed by atoms with Crippen molar-refractivity contribution < 1.29 is 9.50 Å². The summed E-state index contributed by atoms with van der Waals surface area (Å²) in [7, 11) is 0. The number of hydrogen-bond acceptors (Lipinski definition) is 1. The largest absolute Gasteiger partial charge is 0.392 e. The molecule has 0 saturated heterocycles. The van der Waals surface area contributed by atoms with E-state index >= 15 is 0 Å². The normalized spacial score (nSPS) is 19.1. The summed E-state index contributed by atoms with van der Waals surface area (Å²) in [5.74, 6) is -0.0202. The van der Waals surface area contributed by atoms with E-state index in [1.807, 2.05) is 13.0 Å². The highest BCUT2D eigenvalue weighted by atomic mass is 19.1. The SMILES string of the molecule is Cc1cc(F)ccc1CC(O)C1CCCc2ccccc21. The number of rotatable bonds is 3. The molecule has 0 bridgehead atoms. The maximum absolute atomic E-state index is 13.2. The Balaban J connectivity index is 1.81. The van der Waals surface area contributed by atoms with Crippen LogP contribution in [-0.4, -0.2) is 11.2 Å². The second kappa shape index (κ2) is 5.98. The fraction of sp³-hybridized carbons (Fsp3) is 0.368. The molecule has 0 saturated carbocycles. The van der Waals surface area contributed by atoms with Crippen molar-refractivity contribution in [1.82, 2.24) is 0 Å². The number of benzene rings is 2. The maximum atomic E-state index is 13.2. The molecule has 0 aromatic heterocycles. The molecule has 110 valence electrons. The molecule has 2 unspecified atom stereocenters. The Morgan fingerprint density at radius 1 is 1.24 bits per heavy atom. The average molecular weight is 284 g/mol. The van der Waals surface area contributed by atoms with Crippen LogP contribution in [0.1, 0.15) is 41.0 Å². The summed E-state index contributed by atoms with van der Waals surface area (Å²) in [5, 5.41) is 10.7. The molecule has 1 N–H and O–H groups in total. The van der Waals surface area contributed by atoms with E-state index in [1.54, 1.807) is 6.07 Å². The molecule has 0 aliphatic heterocycles. The third-order valence-corrected chi connectivity index (χ3v) is 4.61. The van der Waals surface area contributed by atoms with Gasteiger partial charge in [-0.25, -0.2) is 4.39 Å². The van der Waals surface area contributed by atoms with Gasteiger partial charge in [0.1, 0.15) is 5.82 Å². The van der Waals surface area contributed by atoms with Crippen LogP contribution >= 0.6 is 0 Å². The van der Waals surface area contributed by atoms with Crippen LogP contribution in [0, 0.1) is 12.7 Å². The van der Waals surface area contributed by atoms with Gasteiger partial charge in [0.15, 0.2) is 0 Å². The first-order chi connectivity index (χ1) is 10.1. The third kappa shape index (κ3) is 3.01. The van der Waals surface area contributed by atoms with Crippen molar-refractivity contribution in [3.8, 4) is 0 Å². The van der Waals surface area contributed by atoms with Crippen LogP contribution in [0.25, 0.3) is 0 Å². The topological polar surface area (TPSA) is 20.2 Å². The van der Waals surface area contributed by atoms with Crippen LogP contribution < -0.4 is 0 Å². The summed E-state index contributed by atoms with van der Waals surface area (Å²) in [6.45, 7) is 1.90. The number of aliphatic hydroxyl groups excluding tert-OH is 1. The number of halogens is 1. The molecular formula is C19H21FO. The van der Waals surface area contributed by atoms with Gasteiger partial charge in [0.25, 0.3) is 0 Å². The lowest BCUT2D eigenvalue weighted by Crippen LogP contribution is -2.25.